The smallest absolute Gasteiger partial charge is 0.331 e. The van der Waals surface area contributed by atoms with Crippen LogP contribution in [0.2, 0.25) is 0 Å². The van der Waals surface area contributed by atoms with Gasteiger partial charge in [0.05, 0.1) is 7.11 Å². The second-order valence-corrected chi connectivity index (χ2v) is 5.34. The first-order valence-corrected chi connectivity index (χ1v) is 7.35. The highest BCUT2D eigenvalue weighted by Gasteiger charge is 2.36. The maximum Gasteiger partial charge on any atom is 0.331 e. The van der Waals surface area contributed by atoms with Crippen LogP contribution in [-0.4, -0.2) is 24.5 Å². The lowest BCUT2D eigenvalue weighted by Gasteiger charge is -2.29. The molecular formula is C15H29NO3. The summed E-state index contributed by atoms with van der Waals surface area (Å²) < 4.78 is 4.81. The molecule has 0 aromatic heterocycles. The highest BCUT2D eigenvalue weighted by atomic mass is 16.5. The Morgan fingerprint density at radius 1 is 1.11 bits per heavy atom. The molecule has 0 heterocycles. The number of nitrogens with one attached hydrogen (secondary N) is 1. The average Bonchev–Trinajstić information content (AvgIpc) is 2.37. The van der Waals surface area contributed by atoms with Gasteiger partial charge in [-0.1, -0.05) is 40.0 Å². The minimum atomic E-state index is -0.902. The van der Waals surface area contributed by atoms with Gasteiger partial charge in [-0.25, -0.2) is 4.79 Å². The van der Waals surface area contributed by atoms with Gasteiger partial charge in [-0.15, -0.1) is 0 Å². The minimum Gasteiger partial charge on any atom is -0.467 e. The van der Waals surface area contributed by atoms with Crippen LogP contribution in [0.5, 0.6) is 0 Å². The normalized spacial score (nSPS) is 14.0. The fraction of sp³-hybridized carbons (Fsp3) is 0.867. The van der Waals surface area contributed by atoms with Crippen molar-refractivity contribution in [3.8, 4) is 0 Å². The highest BCUT2D eigenvalue weighted by molar-refractivity contribution is 5.88. The molecule has 1 atom stereocenters. The molecule has 0 saturated heterocycles. The number of esters is 1. The summed E-state index contributed by atoms with van der Waals surface area (Å²) in [6.45, 7) is 7.88. The van der Waals surface area contributed by atoms with Gasteiger partial charge in [0.1, 0.15) is 5.54 Å². The summed E-state index contributed by atoms with van der Waals surface area (Å²) in [5.74, 6) is -0.393. The SMILES string of the molecule is CCCC(CCC)C(=O)NC(C)(CCC)C(=O)OC. The molecule has 0 aliphatic rings. The van der Waals surface area contributed by atoms with Crippen molar-refractivity contribution in [2.75, 3.05) is 7.11 Å². The van der Waals surface area contributed by atoms with E-state index < -0.39 is 5.54 Å². The maximum atomic E-state index is 12.3. The Labute approximate surface area is 117 Å². The van der Waals surface area contributed by atoms with E-state index in [9.17, 15) is 9.59 Å². The van der Waals surface area contributed by atoms with Crippen LogP contribution in [0.4, 0.5) is 0 Å². The number of rotatable bonds is 9. The molecule has 1 N–H and O–H groups in total. The van der Waals surface area contributed by atoms with Crippen LogP contribution < -0.4 is 5.32 Å². The predicted molar refractivity (Wildman–Crippen MR) is 76.8 cm³/mol. The molecule has 0 fully saturated rings. The monoisotopic (exact) mass is 271 g/mol. The van der Waals surface area contributed by atoms with Gasteiger partial charge in [0.2, 0.25) is 5.91 Å². The molecule has 0 saturated carbocycles. The Kier molecular flexibility index (Phi) is 8.44. The summed E-state index contributed by atoms with van der Waals surface area (Å²) in [7, 11) is 1.36. The quantitative estimate of drug-likeness (QED) is 0.656. The van der Waals surface area contributed by atoms with Crippen LogP contribution in [0.3, 0.4) is 0 Å². The Morgan fingerprint density at radius 2 is 1.63 bits per heavy atom. The third kappa shape index (κ3) is 5.62. The standard InChI is InChI=1S/C15H29NO3/c1-6-9-12(10-7-2)13(17)16-15(4,11-8-3)14(18)19-5/h12H,6-11H2,1-5H3,(H,16,17). The van der Waals surface area contributed by atoms with Crippen LogP contribution in [0.25, 0.3) is 0 Å². The molecule has 4 heteroatoms. The van der Waals surface area contributed by atoms with Crippen LogP contribution >= 0.6 is 0 Å². The van der Waals surface area contributed by atoms with Crippen molar-refractivity contribution in [3.05, 3.63) is 0 Å². The summed E-state index contributed by atoms with van der Waals surface area (Å²) in [5, 5.41) is 2.90. The molecule has 0 radical (unpaired) electrons. The van der Waals surface area contributed by atoms with Crippen molar-refractivity contribution in [1.82, 2.24) is 5.32 Å². The molecule has 0 rings (SSSR count). The number of amides is 1. The molecule has 0 aliphatic heterocycles. The van der Waals surface area contributed by atoms with Crippen molar-refractivity contribution >= 4 is 11.9 Å². The first kappa shape index (κ1) is 17.9. The van der Waals surface area contributed by atoms with Gasteiger partial charge in [0, 0.05) is 5.92 Å². The van der Waals surface area contributed by atoms with E-state index in [0.717, 1.165) is 32.1 Å². The van der Waals surface area contributed by atoms with E-state index in [0.29, 0.717) is 6.42 Å². The number of carbonyl (C=O) groups is 2. The maximum absolute atomic E-state index is 12.3. The van der Waals surface area contributed by atoms with E-state index in [1.807, 2.05) is 6.92 Å². The zero-order valence-electron chi connectivity index (χ0n) is 13.0. The zero-order valence-corrected chi connectivity index (χ0v) is 13.0. The number of methoxy groups -OCH3 is 1. The van der Waals surface area contributed by atoms with Crippen molar-refractivity contribution in [3.63, 3.8) is 0 Å². The van der Waals surface area contributed by atoms with Gasteiger partial charge >= 0.3 is 5.97 Å². The average molecular weight is 271 g/mol. The third-order valence-electron chi connectivity index (χ3n) is 3.43. The van der Waals surface area contributed by atoms with Crippen molar-refractivity contribution in [2.24, 2.45) is 5.92 Å². The molecule has 19 heavy (non-hydrogen) atoms. The van der Waals surface area contributed by atoms with Crippen LogP contribution in [-0.2, 0) is 14.3 Å². The Hall–Kier alpha value is -1.06. The fourth-order valence-corrected chi connectivity index (χ4v) is 2.42. The molecule has 1 unspecified atom stereocenters. The largest absolute Gasteiger partial charge is 0.467 e. The second kappa shape index (κ2) is 8.94. The summed E-state index contributed by atoms with van der Waals surface area (Å²) >= 11 is 0. The first-order chi connectivity index (χ1) is 8.95. The van der Waals surface area contributed by atoms with E-state index in [1.165, 1.54) is 7.11 Å². The fourth-order valence-electron chi connectivity index (χ4n) is 2.42. The molecule has 0 bridgehead atoms. The van der Waals surface area contributed by atoms with Gasteiger partial charge < -0.3 is 10.1 Å². The summed E-state index contributed by atoms with van der Waals surface area (Å²) in [6.07, 6.45) is 5.09. The number of hydrogen-bond donors (Lipinski definition) is 1. The van der Waals surface area contributed by atoms with Gasteiger partial charge in [-0.3, -0.25) is 4.79 Å². The van der Waals surface area contributed by atoms with E-state index >= 15 is 0 Å². The molecule has 0 aromatic rings. The number of ether oxygens (including phenoxy) is 1. The number of carbonyl (C=O) groups excluding carboxylic acids is 2. The molecule has 0 spiro atoms. The summed E-state index contributed by atoms with van der Waals surface area (Å²) in [4.78, 5) is 24.2. The summed E-state index contributed by atoms with van der Waals surface area (Å²) in [5.41, 5.74) is -0.902. The van der Waals surface area contributed by atoms with E-state index in [1.54, 1.807) is 6.92 Å². The van der Waals surface area contributed by atoms with E-state index in [2.05, 4.69) is 19.2 Å². The Bertz CT molecular complexity index is 285. The topological polar surface area (TPSA) is 55.4 Å². The van der Waals surface area contributed by atoms with Crippen LogP contribution in [0, 0.1) is 5.92 Å². The second-order valence-electron chi connectivity index (χ2n) is 5.34. The summed E-state index contributed by atoms with van der Waals surface area (Å²) in [6, 6.07) is 0. The molecule has 0 aliphatic carbocycles. The molecule has 1 amide bonds. The molecule has 112 valence electrons. The van der Waals surface area contributed by atoms with Gasteiger partial charge in [-0.2, -0.15) is 0 Å². The lowest BCUT2D eigenvalue weighted by atomic mass is 9.92. The van der Waals surface area contributed by atoms with Crippen LogP contribution in [0.15, 0.2) is 0 Å². The number of hydrogen-bond acceptors (Lipinski definition) is 3. The predicted octanol–water partition coefficient (Wildman–Crippen LogP) is 3.05. The Morgan fingerprint density at radius 3 is 2.00 bits per heavy atom. The Balaban J connectivity index is 4.81. The van der Waals surface area contributed by atoms with Gasteiger partial charge in [0.25, 0.3) is 0 Å². The van der Waals surface area contributed by atoms with E-state index in [-0.39, 0.29) is 17.8 Å². The lowest BCUT2D eigenvalue weighted by Crippen LogP contribution is -2.54. The van der Waals surface area contributed by atoms with Crippen LogP contribution in [0.1, 0.15) is 66.2 Å². The van der Waals surface area contributed by atoms with Crippen molar-refractivity contribution in [2.45, 2.75) is 71.8 Å². The van der Waals surface area contributed by atoms with E-state index in [4.69, 9.17) is 4.74 Å². The molecule has 0 aromatic carbocycles. The van der Waals surface area contributed by atoms with Crippen molar-refractivity contribution < 1.29 is 14.3 Å². The molecular weight excluding hydrogens is 242 g/mol. The van der Waals surface area contributed by atoms with Crippen molar-refractivity contribution in [1.29, 1.82) is 0 Å². The van der Waals surface area contributed by atoms with Gasteiger partial charge in [-0.05, 0) is 26.2 Å². The lowest BCUT2D eigenvalue weighted by molar-refractivity contribution is -0.151. The van der Waals surface area contributed by atoms with Gasteiger partial charge in [0.15, 0.2) is 0 Å². The minimum absolute atomic E-state index is 0.00385. The highest BCUT2D eigenvalue weighted by Crippen LogP contribution is 2.19. The molecule has 4 nitrogen and oxygen atoms in total. The first-order valence-electron chi connectivity index (χ1n) is 7.35. The zero-order chi connectivity index (χ0) is 14.9. The third-order valence-corrected chi connectivity index (χ3v) is 3.43.